The maximum atomic E-state index is 11.6. The van der Waals surface area contributed by atoms with Gasteiger partial charge in [0.25, 0.3) is 0 Å². The molecule has 100 valence electrons. The molecule has 0 spiro atoms. The van der Waals surface area contributed by atoms with E-state index in [9.17, 15) is 9.59 Å². The molecular formula is C11H23N3O3. The summed E-state index contributed by atoms with van der Waals surface area (Å²) < 4.78 is 0. The minimum atomic E-state index is -1.04. The Kier molecular flexibility index (Phi) is 7.49. The molecule has 0 aliphatic rings. The van der Waals surface area contributed by atoms with Crippen LogP contribution in [-0.2, 0) is 9.59 Å². The smallest absolute Gasteiger partial charge is 0.326 e. The van der Waals surface area contributed by atoms with Crippen LogP contribution in [0.2, 0.25) is 0 Å². The van der Waals surface area contributed by atoms with E-state index in [0.29, 0.717) is 19.4 Å². The molecule has 0 rings (SSSR count). The summed E-state index contributed by atoms with van der Waals surface area (Å²) in [4.78, 5) is 22.5. The Morgan fingerprint density at radius 1 is 1.29 bits per heavy atom. The minimum Gasteiger partial charge on any atom is -0.480 e. The number of nitrogens with one attached hydrogen (secondary N) is 1. The molecule has 0 aromatic carbocycles. The van der Waals surface area contributed by atoms with Crippen LogP contribution in [-0.4, -0.2) is 35.6 Å². The number of unbranched alkanes of at least 4 members (excludes halogenated alkanes) is 1. The Hall–Kier alpha value is -1.14. The summed E-state index contributed by atoms with van der Waals surface area (Å²) in [6.07, 6.45) is 1.80. The first-order chi connectivity index (χ1) is 7.90. The lowest BCUT2D eigenvalue weighted by molar-refractivity contribution is -0.142. The van der Waals surface area contributed by atoms with E-state index in [1.807, 2.05) is 13.8 Å². The zero-order valence-electron chi connectivity index (χ0n) is 10.5. The molecule has 0 radical (unpaired) electrons. The highest BCUT2D eigenvalue weighted by Gasteiger charge is 2.24. The number of rotatable bonds is 8. The summed E-state index contributed by atoms with van der Waals surface area (Å²) in [5.74, 6) is -1.47. The molecule has 0 aliphatic heterocycles. The molecule has 0 saturated carbocycles. The zero-order valence-corrected chi connectivity index (χ0v) is 10.5. The van der Waals surface area contributed by atoms with Gasteiger partial charge in [0.15, 0.2) is 0 Å². The topological polar surface area (TPSA) is 118 Å². The van der Waals surface area contributed by atoms with Crippen molar-refractivity contribution in [2.45, 2.75) is 45.2 Å². The molecule has 0 aromatic rings. The van der Waals surface area contributed by atoms with Crippen LogP contribution < -0.4 is 16.8 Å². The summed E-state index contributed by atoms with van der Waals surface area (Å²) in [5, 5.41) is 11.4. The SMILES string of the molecule is CC(C)[C@H](N)C(=O)N[C@H](CCCCN)C(=O)O. The van der Waals surface area contributed by atoms with E-state index in [1.54, 1.807) is 0 Å². The molecule has 0 bridgehead atoms. The largest absolute Gasteiger partial charge is 0.480 e. The maximum absolute atomic E-state index is 11.6. The molecule has 0 unspecified atom stereocenters. The fourth-order valence-electron chi connectivity index (χ4n) is 1.32. The van der Waals surface area contributed by atoms with E-state index in [4.69, 9.17) is 16.6 Å². The summed E-state index contributed by atoms with van der Waals surface area (Å²) in [6, 6.07) is -1.55. The average Bonchev–Trinajstić information content (AvgIpc) is 2.26. The van der Waals surface area contributed by atoms with Crippen molar-refractivity contribution in [1.82, 2.24) is 5.32 Å². The summed E-state index contributed by atoms with van der Waals surface area (Å²) in [6.45, 7) is 4.15. The Morgan fingerprint density at radius 2 is 1.88 bits per heavy atom. The standard InChI is InChI=1S/C11H23N3O3/c1-7(2)9(13)10(15)14-8(11(16)17)5-3-4-6-12/h7-9H,3-6,12-13H2,1-2H3,(H,14,15)(H,16,17)/t8-,9+/m1/s1. The van der Waals surface area contributed by atoms with Crippen LogP contribution in [0.25, 0.3) is 0 Å². The van der Waals surface area contributed by atoms with E-state index in [2.05, 4.69) is 5.32 Å². The van der Waals surface area contributed by atoms with Gasteiger partial charge in [0, 0.05) is 0 Å². The van der Waals surface area contributed by atoms with Gasteiger partial charge in [0.05, 0.1) is 6.04 Å². The van der Waals surface area contributed by atoms with E-state index in [1.165, 1.54) is 0 Å². The zero-order chi connectivity index (χ0) is 13.4. The molecule has 0 saturated heterocycles. The first-order valence-electron chi connectivity index (χ1n) is 5.89. The fourth-order valence-corrected chi connectivity index (χ4v) is 1.32. The highest BCUT2D eigenvalue weighted by Crippen LogP contribution is 2.03. The first-order valence-corrected chi connectivity index (χ1v) is 5.89. The van der Waals surface area contributed by atoms with E-state index in [0.717, 1.165) is 6.42 Å². The van der Waals surface area contributed by atoms with Gasteiger partial charge in [-0.3, -0.25) is 4.79 Å². The van der Waals surface area contributed by atoms with Gasteiger partial charge < -0.3 is 21.9 Å². The predicted molar refractivity (Wildman–Crippen MR) is 65.3 cm³/mol. The van der Waals surface area contributed by atoms with Crippen LogP contribution in [0.4, 0.5) is 0 Å². The molecule has 6 heteroatoms. The maximum Gasteiger partial charge on any atom is 0.326 e. The van der Waals surface area contributed by atoms with Gasteiger partial charge in [-0.05, 0) is 31.7 Å². The van der Waals surface area contributed by atoms with Crippen molar-refractivity contribution >= 4 is 11.9 Å². The van der Waals surface area contributed by atoms with E-state index < -0.39 is 24.0 Å². The Labute approximate surface area is 102 Å². The van der Waals surface area contributed by atoms with Gasteiger partial charge in [-0.25, -0.2) is 4.79 Å². The van der Waals surface area contributed by atoms with Gasteiger partial charge in [-0.2, -0.15) is 0 Å². The van der Waals surface area contributed by atoms with Crippen molar-refractivity contribution in [3.8, 4) is 0 Å². The fraction of sp³-hybridized carbons (Fsp3) is 0.818. The van der Waals surface area contributed by atoms with Crippen molar-refractivity contribution in [2.75, 3.05) is 6.54 Å². The summed E-state index contributed by atoms with van der Waals surface area (Å²) in [5.41, 5.74) is 11.0. The van der Waals surface area contributed by atoms with Gasteiger partial charge in [-0.1, -0.05) is 13.8 Å². The number of carbonyl (C=O) groups excluding carboxylic acids is 1. The van der Waals surface area contributed by atoms with Crippen molar-refractivity contribution in [3.05, 3.63) is 0 Å². The molecule has 0 aromatic heterocycles. The van der Waals surface area contributed by atoms with Crippen LogP contribution in [0.3, 0.4) is 0 Å². The summed E-state index contributed by atoms with van der Waals surface area (Å²) >= 11 is 0. The molecule has 0 aliphatic carbocycles. The number of hydrogen-bond acceptors (Lipinski definition) is 4. The third-order valence-corrected chi connectivity index (χ3v) is 2.58. The minimum absolute atomic E-state index is 0.0199. The highest BCUT2D eigenvalue weighted by atomic mass is 16.4. The van der Waals surface area contributed by atoms with Crippen molar-refractivity contribution in [3.63, 3.8) is 0 Å². The number of carbonyl (C=O) groups is 2. The second-order valence-corrected chi connectivity index (χ2v) is 4.45. The van der Waals surface area contributed by atoms with Crippen molar-refractivity contribution in [2.24, 2.45) is 17.4 Å². The molecule has 17 heavy (non-hydrogen) atoms. The van der Waals surface area contributed by atoms with Gasteiger partial charge >= 0.3 is 5.97 Å². The third kappa shape index (κ3) is 6.23. The number of aliphatic carboxylic acids is 1. The lowest BCUT2D eigenvalue weighted by atomic mass is 10.0. The second kappa shape index (κ2) is 8.03. The average molecular weight is 245 g/mol. The van der Waals surface area contributed by atoms with E-state index >= 15 is 0 Å². The molecule has 6 N–H and O–H groups in total. The lowest BCUT2D eigenvalue weighted by Gasteiger charge is -2.19. The molecule has 0 fully saturated rings. The van der Waals surface area contributed by atoms with Gasteiger partial charge in [0.1, 0.15) is 6.04 Å². The van der Waals surface area contributed by atoms with Crippen LogP contribution in [0.1, 0.15) is 33.1 Å². The summed E-state index contributed by atoms with van der Waals surface area (Å²) in [7, 11) is 0. The normalized spacial score (nSPS) is 14.4. The lowest BCUT2D eigenvalue weighted by Crippen LogP contribution is -2.50. The first kappa shape index (κ1) is 15.9. The second-order valence-electron chi connectivity index (χ2n) is 4.45. The molecule has 0 heterocycles. The van der Waals surface area contributed by atoms with Crippen LogP contribution in [0.5, 0.6) is 0 Å². The predicted octanol–water partition coefficient (Wildman–Crippen LogP) is -0.332. The highest BCUT2D eigenvalue weighted by molar-refractivity contribution is 5.86. The number of hydrogen-bond donors (Lipinski definition) is 4. The van der Waals surface area contributed by atoms with Crippen LogP contribution in [0, 0.1) is 5.92 Å². The monoisotopic (exact) mass is 245 g/mol. The number of amides is 1. The molecule has 2 atom stereocenters. The number of carboxylic acid groups (broad SMARTS) is 1. The van der Waals surface area contributed by atoms with Crippen molar-refractivity contribution in [1.29, 1.82) is 0 Å². The number of carboxylic acids is 1. The van der Waals surface area contributed by atoms with Crippen molar-refractivity contribution < 1.29 is 14.7 Å². The molecule has 1 amide bonds. The molecule has 6 nitrogen and oxygen atoms in total. The Morgan fingerprint density at radius 3 is 2.29 bits per heavy atom. The van der Waals surface area contributed by atoms with Gasteiger partial charge in [-0.15, -0.1) is 0 Å². The molecular weight excluding hydrogens is 222 g/mol. The quantitative estimate of drug-likeness (QED) is 0.437. The van der Waals surface area contributed by atoms with E-state index in [-0.39, 0.29) is 5.92 Å². The van der Waals surface area contributed by atoms with Crippen LogP contribution in [0.15, 0.2) is 0 Å². The van der Waals surface area contributed by atoms with Crippen LogP contribution >= 0.6 is 0 Å². The third-order valence-electron chi connectivity index (χ3n) is 2.58. The Bertz CT molecular complexity index is 256. The Balaban J connectivity index is 4.25. The number of nitrogens with two attached hydrogens (primary N) is 2. The van der Waals surface area contributed by atoms with Gasteiger partial charge in [0.2, 0.25) is 5.91 Å².